The molecule has 0 aliphatic carbocycles. The number of nitrogens with zero attached hydrogens (tertiary/aromatic N) is 1. The highest BCUT2D eigenvalue weighted by Gasteiger charge is 2.24. The van der Waals surface area contributed by atoms with Crippen molar-refractivity contribution in [2.75, 3.05) is 0 Å². The smallest absolute Gasteiger partial charge is 0.219 e. The SMILES string of the molecule is Cc1ccc(-c2c(C(C)(C)C)nc(O)c3ccccc23)cc1. The van der Waals surface area contributed by atoms with Crippen LogP contribution in [0.1, 0.15) is 32.0 Å². The summed E-state index contributed by atoms with van der Waals surface area (Å²) in [6, 6.07) is 16.4. The number of aromatic hydroxyl groups is 1. The Hall–Kier alpha value is -2.35. The normalized spacial score (nSPS) is 11.8. The highest BCUT2D eigenvalue weighted by atomic mass is 16.3. The van der Waals surface area contributed by atoms with Crippen LogP contribution in [-0.2, 0) is 5.41 Å². The zero-order chi connectivity index (χ0) is 15.9. The van der Waals surface area contributed by atoms with Crippen LogP contribution in [0.25, 0.3) is 21.9 Å². The lowest BCUT2D eigenvalue weighted by Gasteiger charge is -2.23. The second-order valence-corrected chi connectivity index (χ2v) is 6.82. The molecule has 1 heterocycles. The summed E-state index contributed by atoms with van der Waals surface area (Å²) in [5.41, 5.74) is 4.26. The van der Waals surface area contributed by atoms with Crippen molar-refractivity contribution < 1.29 is 5.11 Å². The van der Waals surface area contributed by atoms with Gasteiger partial charge in [0.1, 0.15) is 0 Å². The first-order valence-electron chi connectivity index (χ1n) is 7.57. The van der Waals surface area contributed by atoms with Gasteiger partial charge in [-0.2, -0.15) is 0 Å². The third-order valence-corrected chi connectivity index (χ3v) is 3.94. The predicted octanol–water partition coefficient (Wildman–Crippen LogP) is 5.21. The van der Waals surface area contributed by atoms with Gasteiger partial charge < -0.3 is 5.11 Å². The van der Waals surface area contributed by atoms with E-state index in [1.807, 2.05) is 18.2 Å². The minimum absolute atomic E-state index is 0.108. The van der Waals surface area contributed by atoms with E-state index < -0.39 is 0 Å². The van der Waals surface area contributed by atoms with Gasteiger partial charge in [-0.25, -0.2) is 4.98 Å². The number of pyridine rings is 1. The summed E-state index contributed by atoms with van der Waals surface area (Å²) in [7, 11) is 0. The molecule has 0 amide bonds. The van der Waals surface area contributed by atoms with Crippen LogP contribution in [0.3, 0.4) is 0 Å². The van der Waals surface area contributed by atoms with E-state index in [2.05, 4.69) is 63.0 Å². The molecule has 22 heavy (non-hydrogen) atoms. The summed E-state index contributed by atoms with van der Waals surface area (Å²) < 4.78 is 0. The molecule has 3 aromatic rings. The van der Waals surface area contributed by atoms with Crippen molar-refractivity contribution >= 4 is 10.8 Å². The quantitative estimate of drug-likeness (QED) is 0.667. The molecule has 0 saturated carbocycles. The van der Waals surface area contributed by atoms with E-state index in [-0.39, 0.29) is 11.3 Å². The molecular formula is C20H21NO. The maximum Gasteiger partial charge on any atom is 0.219 e. The van der Waals surface area contributed by atoms with Gasteiger partial charge in [-0.15, -0.1) is 0 Å². The van der Waals surface area contributed by atoms with Crippen molar-refractivity contribution in [3.05, 3.63) is 59.8 Å². The number of rotatable bonds is 1. The van der Waals surface area contributed by atoms with Crippen LogP contribution in [0.15, 0.2) is 48.5 Å². The molecular weight excluding hydrogens is 270 g/mol. The van der Waals surface area contributed by atoms with Gasteiger partial charge in [0.2, 0.25) is 5.88 Å². The number of aromatic nitrogens is 1. The van der Waals surface area contributed by atoms with E-state index in [0.717, 1.165) is 27.6 Å². The lowest BCUT2D eigenvalue weighted by atomic mass is 9.84. The lowest BCUT2D eigenvalue weighted by Crippen LogP contribution is -2.15. The number of benzene rings is 2. The van der Waals surface area contributed by atoms with Crippen molar-refractivity contribution in [3.8, 4) is 17.0 Å². The Morgan fingerprint density at radius 3 is 2.05 bits per heavy atom. The third-order valence-electron chi connectivity index (χ3n) is 3.94. The van der Waals surface area contributed by atoms with Crippen LogP contribution in [0.2, 0.25) is 0 Å². The van der Waals surface area contributed by atoms with E-state index >= 15 is 0 Å². The average Bonchev–Trinajstić information content (AvgIpc) is 2.47. The van der Waals surface area contributed by atoms with Gasteiger partial charge in [0.15, 0.2) is 0 Å². The van der Waals surface area contributed by atoms with Crippen molar-refractivity contribution in [1.29, 1.82) is 0 Å². The molecule has 3 rings (SSSR count). The Morgan fingerprint density at radius 1 is 0.864 bits per heavy atom. The van der Waals surface area contributed by atoms with Crippen molar-refractivity contribution in [1.82, 2.24) is 4.98 Å². The molecule has 0 unspecified atom stereocenters. The summed E-state index contributed by atoms with van der Waals surface area (Å²) in [5, 5.41) is 12.2. The van der Waals surface area contributed by atoms with Gasteiger partial charge >= 0.3 is 0 Å². The first-order chi connectivity index (χ1) is 10.4. The molecule has 2 heteroatoms. The monoisotopic (exact) mass is 291 g/mol. The van der Waals surface area contributed by atoms with Gasteiger partial charge in [-0.3, -0.25) is 0 Å². The van der Waals surface area contributed by atoms with Crippen LogP contribution in [0, 0.1) is 6.92 Å². The van der Waals surface area contributed by atoms with Crippen LogP contribution >= 0.6 is 0 Å². The standard InChI is InChI=1S/C20H21NO/c1-13-9-11-14(12-10-13)17-15-7-5-6-8-16(15)19(22)21-18(17)20(2,3)4/h5-12H,1-4H3,(H,21,22). The van der Waals surface area contributed by atoms with Gasteiger partial charge in [-0.05, 0) is 23.9 Å². The van der Waals surface area contributed by atoms with E-state index in [1.165, 1.54) is 5.56 Å². The lowest BCUT2D eigenvalue weighted by molar-refractivity contribution is 0.449. The minimum Gasteiger partial charge on any atom is -0.493 e. The fourth-order valence-electron chi connectivity index (χ4n) is 2.80. The Labute approximate surface area is 131 Å². The fourth-order valence-corrected chi connectivity index (χ4v) is 2.80. The second-order valence-electron chi connectivity index (χ2n) is 6.82. The molecule has 0 spiro atoms. The first-order valence-corrected chi connectivity index (χ1v) is 7.57. The summed E-state index contributed by atoms with van der Waals surface area (Å²) in [5.74, 6) is 0.108. The second kappa shape index (κ2) is 5.13. The van der Waals surface area contributed by atoms with E-state index in [9.17, 15) is 5.11 Å². The predicted molar refractivity (Wildman–Crippen MR) is 92.3 cm³/mol. The maximum absolute atomic E-state index is 10.3. The zero-order valence-corrected chi connectivity index (χ0v) is 13.5. The molecule has 0 saturated heterocycles. The number of fused-ring (bicyclic) bond motifs is 1. The summed E-state index contributed by atoms with van der Waals surface area (Å²) in [6.45, 7) is 8.46. The Kier molecular flexibility index (Phi) is 3.40. The fraction of sp³-hybridized carbons (Fsp3) is 0.250. The Balaban J connectivity index is 2.44. The van der Waals surface area contributed by atoms with Crippen molar-refractivity contribution in [2.45, 2.75) is 33.1 Å². The van der Waals surface area contributed by atoms with Gasteiger partial charge in [0.25, 0.3) is 0 Å². The minimum atomic E-state index is -0.151. The third kappa shape index (κ3) is 2.45. The maximum atomic E-state index is 10.3. The molecule has 0 aliphatic heterocycles. The molecule has 112 valence electrons. The number of aryl methyl sites for hydroxylation is 1. The van der Waals surface area contributed by atoms with Crippen LogP contribution < -0.4 is 0 Å². The zero-order valence-electron chi connectivity index (χ0n) is 13.5. The molecule has 0 atom stereocenters. The van der Waals surface area contributed by atoms with Gasteiger partial charge in [-0.1, -0.05) is 68.8 Å². The summed E-state index contributed by atoms with van der Waals surface area (Å²) in [6.07, 6.45) is 0. The highest BCUT2D eigenvalue weighted by Crippen LogP contribution is 2.39. The Morgan fingerprint density at radius 2 is 1.45 bits per heavy atom. The molecule has 0 radical (unpaired) electrons. The topological polar surface area (TPSA) is 33.1 Å². The van der Waals surface area contributed by atoms with E-state index in [4.69, 9.17) is 0 Å². The number of hydrogen-bond donors (Lipinski definition) is 1. The number of hydrogen-bond acceptors (Lipinski definition) is 2. The Bertz CT molecular complexity index is 827. The first kappa shape index (κ1) is 14.6. The van der Waals surface area contributed by atoms with Crippen molar-refractivity contribution in [3.63, 3.8) is 0 Å². The molecule has 1 N–H and O–H groups in total. The summed E-state index contributed by atoms with van der Waals surface area (Å²) >= 11 is 0. The van der Waals surface area contributed by atoms with Gasteiger partial charge in [0.05, 0.1) is 5.69 Å². The molecule has 0 aliphatic rings. The molecule has 2 nitrogen and oxygen atoms in total. The van der Waals surface area contributed by atoms with E-state index in [0.29, 0.717) is 0 Å². The average molecular weight is 291 g/mol. The summed E-state index contributed by atoms with van der Waals surface area (Å²) in [4.78, 5) is 4.53. The van der Waals surface area contributed by atoms with Crippen LogP contribution in [-0.4, -0.2) is 10.1 Å². The molecule has 0 bridgehead atoms. The highest BCUT2D eigenvalue weighted by molar-refractivity contribution is 6.00. The molecule has 2 aromatic carbocycles. The van der Waals surface area contributed by atoms with Crippen LogP contribution in [0.4, 0.5) is 0 Å². The van der Waals surface area contributed by atoms with Crippen molar-refractivity contribution in [2.24, 2.45) is 0 Å². The molecule has 0 fully saturated rings. The van der Waals surface area contributed by atoms with Crippen LogP contribution in [0.5, 0.6) is 5.88 Å². The molecule has 1 aromatic heterocycles. The van der Waals surface area contributed by atoms with E-state index in [1.54, 1.807) is 0 Å². The van der Waals surface area contributed by atoms with Gasteiger partial charge in [0, 0.05) is 16.4 Å². The largest absolute Gasteiger partial charge is 0.493 e.